The first-order chi connectivity index (χ1) is 6.36. The second kappa shape index (κ2) is 7.35. The fourth-order valence-electron chi connectivity index (χ4n) is 0.905. The highest BCUT2D eigenvalue weighted by atomic mass is 16.1. The summed E-state index contributed by atoms with van der Waals surface area (Å²) in [5.74, 6) is 0. The average molecular weight is 179 g/mol. The summed E-state index contributed by atoms with van der Waals surface area (Å²) < 4.78 is 0. The molecule has 0 aromatic heterocycles. The maximum Gasteiger partial charge on any atom is 0.211 e. The molecule has 0 aliphatic rings. The van der Waals surface area contributed by atoms with Gasteiger partial charge < -0.3 is 5.32 Å². The van der Waals surface area contributed by atoms with Crippen LogP contribution in [0.2, 0.25) is 0 Å². The summed E-state index contributed by atoms with van der Waals surface area (Å²) in [6.45, 7) is 6.10. The molecule has 0 spiro atoms. The van der Waals surface area contributed by atoms with Crippen molar-refractivity contribution in [3.63, 3.8) is 0 Å². The molecule has 0 unspecified atom stereocenters. The number of amides is 1. The zero-order valence-corrected chi connectivity index (χ0v) is 8.50. The molecule has 0 bridgehead atoms. The highest BCUT2D eigenvalue weighted by molar-refractivity contribution is 5.70. The molecule has 1 amide bonds. The molecule has 2 heteroatoms. The maximum absolute atomic E-state index is 10.0. The molecule has 0 fully saturated rings. The van der Waals surface area contributed by atoms with Crippen LogP contribution in [0.25, 0.3) is 0 Å². The zero-order chi connectivity index (χ0) is 10.1. The average Bonchev–Trinajstić information content (AvgIpc) is 2.23. The fourth-order valence-corrected chi connectivity index (χ4v) is 0.905. The Morgan fingerprint density at radius 2 is 1.77 bits per heavy atom. The van der Waals surface area contributed by atoms with Crippen molar-refractivity contribution in [2.24, 2.45) is 0 Å². The van der Waals surface area contributed by atoms with Crippen LogP contribution < -0.4 is 5.32 Å². The van der Waals surface area contributed by atoms with Crippen molar-refractivity contribution in [1.29, 1.82) is 0 Å². The highest BCUT2D eigenvalue weighted by Crippen LogP contribution is 2.08. The third kappa shape index (κ3) is 4.31. The lowest BCUT2D eigenvalue weighted by atomic mass is 10.1. The van der Waals surface area contributed by atoms with E-state index >= 15 is 0 Å². The van der Waals surface area contributed by atoms with Crippen LogP contribution >= 0.6 is 0 Å². The zero-order valence-electron chi connectivity index (χ0n) is 8.50. The van der Waals surface area contributed by atoms with E-state index in [2.05, 4.69) is 12.2 Å². The summed E-state index contributed by atoms with van der Waals surface area (Å²) in [6, 6.07) is 7.80. The van der Waals surface area contributed by atoms with Crippen LogP contribution in [-0.2, 0) is 11.2 Å². The van der Waals surface area contributed by atoms with Gasteiger partial charge in [-0.2, -0.15) is 0 Å². The minimum atomic E-state index is 0.682. The molecular weight excluding hydrogens is 162 g/mol. The van der Waals surface area contributed by atoms with E-state index in [4.69, 9.17) is 0 Å². The Kier molecular flexibility index (Phi) is 6.60. The molecule has 0 radical (unpaired) electrons. The first-order valence-corrected chi connectivity index (χ1v) is 4.66. The maximum atomic E-state index is 10.0. The number of hydrogen-bond acceptors (Lipinski definition) is 1. The monoisotopic (exact) mass is 179 g/mol. The minimum absolute atomic E-state index is 0.682. The van der Waals surface area contributed by atoms with Gasteiger partial charge in [0, 0.05) is 5.69 Å². The van der Waals surface area contributed by atoms with Crippen molar-refractivity contribution in [1.82, 2.24) is 0 Å². The first-order valence-electron chi connectivity index (χ1n) is 4.66. The minimum Gasteiger partial charge on any atom is -0.329 e. The third-order valence-corrected chi connectivity index (χ3v) is 1.59. The van der Waals surface area contributed by atoms with Gasteiger partial charge in [-0.25, -0.2) is 0 Å². The lowest BCUT2D eigenvalue weighted by Crippen LogP contribution is -1.92. The Morgan fingerprint density at radius 1 is 1.23 bits per heavy atom. The predicted octanol–water partition coefficient (Wildman–Crippen LogP) is 2.84. The molecule has 0 saturated heterocycles. The van der Waals surface area contributed by atoms with E-state index in [9.17, 15) is 4.79 Å². The smallest absolute Gasteiger partial charge is 0.211 e. The molecule has 0 aliphatic heterocycles. The summed E-state index contributed by atoms with van der Waals surface area (Å²) >= 11 is 0. The van der Waals surface area contributed by atoms with Crippen molar-refractivity contribution in [3.05, 3.63) is 29.8 Å². The van der Waals surface area contributed by atoms with Crippen molar-refractivity contribution in [2.75, 3.05) is 5.32 Å². The summed E-state index contributed by atoms with van der Waals surface area (Å²) in [4.78, 5) is 10.0. The Hall–Kier alpha value is -1.31. The third-order valence-electron chi connectivity index (χ3n) is 1.59. The standard InChI is InChI=1S/C9H11NO.C2H6/c1-2-8-3-5-9(6-4-8)10-7-11;1-2/h3-7H,2H2,1H3,(H,10,11);1-2H3. The van der Waals surface area contributed by atoms with Crippen LogP contribution in [-0.4, -0.2) is 6.41 Å². The molecule has 1 rings (SSSR count). The van der Waals surface area contributed by atoms with Crippen LogP contribution in [0.15, 0.2) is 24.3 Å². The van der Waals surface area contributed by atoms with Crippen LogP contribution in [0, 0.1) is 0 Å². The van der Waals surface area contributed by atoms with Gasteiger partial charge in [-0.15, -0.1) is 0 Å². The Labute approximate surface area is 80.0 Å². The quantitative estimate of drug-likeness (QED) is 0.710. The molecule has 1 N–H and O–H groups in total. The Balaban J connectivity index is 0.000000671. The second-order valence-corrected chi connectivity index (χ2v) is 2.31. The van der Waals surface area contributed by atoms with Crippen LogP contribution in [0.5, 0.6) is 0 Å². The van der Waals surface area contributed by atoms with E-state index in [-0.39, 0.29) is 0 Å². The Morgan fingerprint density at radius 3 is 2.15 bits per heavy atom. The van der Waals surface area contributed by atoms with Gasteiger partial charge in [0.25, 0.3) is 0 Å². The topological polar surface area (TPSA) is 29.1 Å². The van der Waals surface area contributed by atoms with E-state index in [1.54, 1.807) is 0 Å². The lowest BCUT2D eigenvalue weighted by Gasteiger charge is -1.98. The molecule has 0 heterocycles. The van der Waals surface area contributed by atoms with Crippen molar-refractivity contribution >= 4 is 12.1 Å². The SMILES string of the molecule is CC.CCc1ccc(NC=O)cc1. The molecule has 0 aliphatic carbocycles. The van der Waals surface area contributed by atoms with Crippen LogP contribution in [0.3, 0.4) is 0 Å². The van der Waals surface area contributed by atoms with E-state index in [1.807, 2.05) is 38.1 Å². The van der Waals surface area contributed by atoms with Gasteiger partial charge in [0.2, 0.25) is 6.41 Å². The normalized spacial score (nSPS) is 8.23. The molecule has 0 atom stereocenters. The van der Waals surface area contributed by atoms with E-state index in [0.717, 1.165) is 12.1 Å². The van der Waals surface area contributed by atoms with Gasteiger partial charge >= 0.3 is 0 Å². The number of benzene rings is 1. The predicted molar refractivity (Wildman–Crippen MR) is 56.9 cm³/mol. The van der Waals surface area contributed by atoms with Gasteiger partial charge in [0.05, 0.1) is 0 Å². The fraction of sp³-hybridized carbons (Fsp3) is 0.364. The Bertz CT molecular complexity index is 228. The summed E-state index contributed by atoms with van der Waals surface area (Å²) in [7, 11) is 0. The molecule has 2 nitrogen and oxygen atoms in total. The van der Waals surface area contributed by atoms with Gasteiger partial charge in [-0.05, 0) is 24.1 Å². The van der Waals surface area contributed by atoms with Crippen molar-refractivity contribution in [3.8, 4) is 0 Å². The summed E-state index contributed by atoms with van der Waals surface area (Å²) in [6.07, 6.45) is 1.71. The van der Waals surface area contributed by atoms with Crippen molar-refractivity contribution < 1.29 is 4.79 Å². The summed E-state index contributed by atoms with van der Waals surface area (Å²) in [5.41, 5.74) is 2.12. The van der Waals surface area contributed by atoms with Crippen molar-refractivity contribution in [2.45, 2.75) is 27.2 Å². The molecular formula is C11H17NO. The van der Waals surface area contributed by atoms with Crippen LogP contribution in [0.4, 0.5) is 5.69 Å². The van der Waals surface area contributed by atoms with Gasteiger partial charge in [-0.1, -0.05) is 32.9 Å². The molecule has 0 saturated carbocycles. The van der Waals surface area contributed by atoms with E-state index in [1.165, 1.54) is 5.56 Å². The highest BCUT2D eigenvalue weighted by Gasteiger charge is 1.89. The molecule has 72 valence electrons. The van der Waals surface area contributed by atoms with Crippen LogP contribution in [0.1, 0.15) is 26.3 Å². The number of anilines is 1. The van der Waals surface area contributed by atoms with E-state index < -0.39 is 0 Å². The number of carbonyl (C=O) groups is 1. The number of nitrogens with one attached hydrogen (secondary N) is 1. The van der Waals surface area contributed by atoms with Gasteiger partial charge in [0.1, 0.15) is 0 Å². The molecule has 1 aromatic carbocycles. The molecule has 1 aromatic rings. The summed E-state index contributed by atoms with van der Waals surface area (Å²) in [5, 5.41) is 2.58. The number of aryl methyl sites for hydroxylation is 1. The number of hydrogen-bond donors (Lipinski definition) is 1. The lowest BCUT2D eigenvalue weighted by molar-refractivity contribution is -0.105. The van der Waals surface area contributed by atoms with Gasteiger partial charge in [-0.3, -0.25) is 4.79 Å². The largest absolute Gasteiger partial charge is 0.329 e. The number of carbonyl (C=O) groups excluding carboxylic acids is 1. The number of rotatable bonds is 3. The second-order valence-electron chi connectivity index (χ2n) is 2.31. The first kappa shape index (κ1) is 11.7. The molecule has 13 heavy (non-hydrogen) atoms. The van der Waals surface area contributed by atoms with Gasteiger partial charge in [0.15, 0.2) is 0 Å². The van der Waals surface area contributed by atoms with E-state index in [0.29, 0.717) is 6.41 Å².